The standard InChI is InChI=1S/C34H43N5O5/c1-43-23-34(42)17-6-5-10-29(34)39-24-36-31(32(39)25-8-3-2-4-9-25)33(41)38-20-18-35-22-27(38)16-21-44-28-14-12-26(13-15-28)37-19-7-11-30(37)40/h2-4,8-9,12-15,24,27,29,35,42H,5-7,10-11,16-23H2,1H3/t27-,29-,34-/m1/s1. The fourth-order valence-corrected chi connectivity index (χ4v) is 7.03. The van der Waals surface area contributed by atoms with E-state index in [1.807, 2.05) is 69.0 Å². The van der Waals surface area contributed by atoms with Crippen molar-refractivity contribution in [3.05, 3.63) is 66.6 Å². The molecule has 1 saturated carbocycles. The van der Waals surface area contributed by atoms with E-state index in [-0.39, 0.29) is 30.5 Å². The van der Waals surface area contributed by atoms with Crippen LogP contribution in [0.2, 0.25) is 0 Å². The van der Waals surface area contributed by atoms with E-state index in [4.69, 9.17) is 14.5 Å². The van der Waals surface area contributed by atoms with Crippen LogP contribution in [0.4, 0.5) is 5.69 Å². The zero-order valence-corrected chi connectivity index (χ0v) is 25.5. The van der Waals surface area contributed by atoms with Gasteiger partial charge in [0.05, 0.1) is 31.3 Å². The number of imidazole rings is 1. The molecule has 1 aliphatic carbocycles. The lowest BCUT2D eigenvalue weighted by Crippen LogP contribution is -2.54. The van der Waals surface area contributed by atoms with E-state index < -0.39 is 5.60 Å². The molecule has 44 heavy (non-hydrogen) atoms. The van der Waals surface area contributed by atoms with E-state index in [0.29, 0.717) is 51.2 Å². The van der Waals surface area contributed by atoms with Crippen LogP contribution in [0.15, 0.2) is 60.9 Å². The summed E-state index contributed by atoms with van der Waals surface area (Å²) < 4.78 is 13.5. The smallest absolute Gasteiger partial charge is 0.275 e. The van der Waals surface area contributed by atoms with Crippen molar-refractivity contribution in [1.82, 2.24) is 19.8 Å². The van der Waals surface area contributed by atoms with Crippen molar-refractivity contribution in [2.75, 3.05) is 51.4 Å². The zero-order valence-electron chi connectivity index (χ0n) is 25.5. The Morgan fingerprint density at radius 1 is 1.09 bits per heavy atom. The Hall–Kier alpha value is -3.73. The molecular formula is C34H43N5O5. The Bertz CT molecular complexity index is 1420. The van der Waals surface area contributed by atoms with Crippen LogP contribution in [-0.2, 0) is 9.53 Å². The van der Waals surface area contributed by atoms with E-state index >= 15 is 0 Å². The highest BCUT2D eigenvalue weighted by atomic mass is 16.5. The predicted octanol–water partition coefficient (Wildman–Crippen LogP) is 4.05. The minimum Gasteiger partial charge on any atom is -0.494 e. The molecule has 3 atom stereocenters. The van der Waals surface area contributed by atoms with Gasteiger partial charge < -0.3 is 34.3 Å². The summed E-state index contributed by atoms with van der Waals surface area (Å²) >= 11 is 0. The van der Waals surface area contributed by atoms with E-state index in [2.05, 4.69) is 5.32 Å². The number of piperazine rings is 1. The molecule has 2 N–H and O–H groups in total. The van der Waals surface area contributed by atoms with Gasteiger partial charge in [0.1, 0.15) is 11.4 Å². The maximum absolute atomic E-state index is 14.3. The number of anilines is 1. The van der Waals surface area contributed by atoms with Gasteiger partial charge in [0.2, 0.25) is 5.91 Å². The van der Waals surface area contributed by atoms with Crippen LogP contribution in [0.3, 0.4) is 0 Å². The molecule has 0 spiro atoms. The molecule has 0 unspecified atom stereocenters. The van der Waals surface area contributed by atoms with Crippen LogP contribution in [0.1, 0.15) is 61.5 Å². The largest absolute Gasteiger partial charge is 0.494 e. The van der Waals surface area contributed by atoms with Crippen LogP contribution >= 0.6 is 0 Å². The molecular weight excluding hydrogens is 558 g/mol. The maximum Gasteiger partial charge on any atom is 0.275 e. The summed E-state index contributed by atoms with van der Waals surface area (Å²) in [4.78, 5) is 34.8. The van der Waals surface area contributed by atoms with Crippen molar-refractivity contribution in [2.24, 2.45) is 0 Å². The average Bonchev–Trinajstić information content (AvgIpc) is 3.68. The SMILES string of the molecule is COC[C@]1(O)CCCC[C@H]1n1cnc(C(=O)N2CCNC[C@H]2CCOc2ccc(N3CCCC3=O)cc2)c1-c1ccccc1. The number of carbonyl (C=O) groups excluding carboxylic acids is 2. The first-order chi connectivity index (χ1) is 21.5. The number of rotatable bonds is 10. The molecule has 3 aromatic rings. The van der Waals surface area contributed by atoms with Gasteiger partial charge in [-0.2, -0.15) is 0 Å². The van der Waals surface area contributed by atoms with Gasteiger partial charge in [-0.3, -0.25) is 9.59 Å². The summed E-state index contributed by atoms with van der Waals surface area (Å²) in [6.07, 6.45) is 7.23. The molecule has 234 valence electrons. The third-order valence-corrected chi connectivity index (χ3v) is 9.28. The number of aromatic nitrogens is 2. The number of carbonyl (C=O) groups is 2. The van der Waals surface area contributed by atoms with Gasteiger partial charge in [-0.1, -0.05) is 43.2 Å². The highest BCUT2D eigenvalue weighted by molar-refractivity contribution is 5.98. The molecule has 3 aliphatic rings. The topological polar surface area (TPSA) is 109 Å². The molecule has 0 bridgehead atoms. The lowest BCUT2D eigenvalue weighted by molar-refractivity contribution is -0.117. The van der Waals surface area contributed by atoms with Crippen molar-refractivity contribution < 1.29 is 24.2 Å². The van der Waals surface area contributed by atoms with Gasteiger partial charge in [-0.15, -0.1) is 0 Å². The number of hydrogen-bond donors (Lipinski definition) is 2. The number of nitrogens with one attached hydrogen (secondary N) is 1. The number of ether oxygens (including phenoxy) is 2. The van der Waals surface area contributed by atoms with Crippen molar-refractivity contribution in [3.63, 3.8) is 0 Å². The molecule has 2 aromatic carbocycles. The third-order valence-electron chi connectivity index (χ3n) is 9.28. The Morgan fingerprint density at radius 2 is 1.91 bits per heavy atom. The molecule has 2 saturated heterocycles. The monoisotopic (exact) mass is 601 g/mol. The molecule has 10 nitrogen and oxygen atoms in total. The number of methoxy groups -OCH3 is 1. The quantitative estimate of drug-likeness (QED) is 0.361. The lowest BCUT2D eigenvalue weighted by atomic mass is 9.80. The predicted molar refractivity (Wildman–Crippen MR) is 168 cm³/mol. The minimum absolute atomic E-state index is 0.0633. The molecule has 0 radical (unpaired) electrons. The maximum atomic E-state index is 14.3. The van der Waals surface area contributed by atoms with Crippen molar-refractivity contribution in [1.29, 1.82) is 0 Å². The first kappa shape index (κ1) is 30.3. The second kappa shape index (κ2) is 13.5. The van der Waals surface area contributed by atoms with Crippen LogP contribution in [0, 0.1) is 0 Å². The van der Waals surface area contributed by atoms with Crippen molar-refractivity contribution >= 4 is 17.5 Å². The van der Waals surface area contributed by atoms with Gasteiger partial charge >= 0.3 is 0 Å². The van der Waals surface area contributed by atoms with Crippen LogP contribution < -0.4 is 15.0 Å². The summed E-state index contributed by atoms with van der Waals surface area (Å²) in [6.45, 7) is 3.38. The summed E-state index contributed by atoms with van der Waals surface area (Å²) in [5.74, 6) is 0.792. The van der Waals surface area contributed by atoms with Gasteiger partial charge in [-0.25, -0.2) is 4.98 Å². The van der Waals surface area contributed by atoms with Crippen LogP contribution in [-0.4, -0.2) is 89.5 Å². The fraction of sp³-hybridized carbons (Fsp3) is 0.500. The van der Waals surface area contributed by atoms with Gasteiger partial charge in [0.15, 0.2) is 5.69 Å². The number of benzene rings is 2. The van der Waals surface area contributed by atoms with Crippen LogP contribution in [0.25, 0.3) is 11.3 Å². The first-order valence-electron chi connectivity index (χ1n) is 15.9. The second-order valence-electron chi connectivity index (χ2n) is 12.1. The molecule has 2 aliphatic heterocycles. The minimum atomic E-state index is -1.03. The molecule has 2 amide bonds. The first-order valence-corrected chi connectivity index (χ1v) is 15.9. The average molecular weight is 602 g/mol. The number of aliphatic hydroxyl groups is 1. The second-order valence-corrected chi connectivity index (χ2v) is 12.1. The molecule has 1 aromatic heterocycles. The molecule has 3 heterocycles. The van der Waals surface area contributed by atoms with E-state index in [0.717, 1.165) is 54.9 Å². The summed E-state index contributed by atoms with van der Waals surface area (Å²) in [5, 5.41) is 15.1. The van der Waals surface area contributed by atoms with E-state index in [9.17, 15) is 14.7 Å². The van der Waals surface area contributed by atoms with Crippen molar-refractivity contribution in [3.8, 4) is 17.0 Å². The Kier molecular flexibility index (Phi) is 9.30. The zero-order chi connectivity index (χ0) is 30.5. The third kappa shape index (κ3) is 6.24. The summed E-state index contributed by atoms with van der Waals surface area (Å²) in [5.41, 5.74) is 1.90. The summed E-state index contributed by atoms with van der Waals surface area (Å²) in [7, 11) is 1.62. The number of hydrogen-bond acceptors (Lipinski definition) is 7. The molecule has 10 heteroatoms. The number of amides is 2. The fourth-order valence-electron chi connectivity index (χ4n) is 7.03. The van der Waals surface area contributed by atoms with Gasteiger partial charge in [0, 0.05) is 63.4 Å². The highest BCUT2D eigenvalue weighted by Gasteiger charge is 2.42. The Labute approximate surface area is 259 Å². The highest BCUT2D eigenvalue weighted by Crippen LogP contribution is 2.41. The van der Waals surface area contributed by atoms with E-state index in [1.54, 1.807) is 13.4 Å². The Morgan fingerprint density at radius 3 is 2.66 bits per heavy atom. The normalized spacial score (nSPS) is 24.1. The van der Waals surface area contributed by atoms with Crippen LogP contribution in [0.5, 0.6) is 5.75 Å². The lowest BCUT2D eigenvalue weighted by Gasteiger charge is -2.41. The van der Waals surface area contributed by atoms with Gasteiger partial charge in [0.25, 0.3) is 5.91 Å². The van der Waals surface area contributed by atoms with Gasteiger partial charge in [-0.05, 0) is 43.5 Å². The molecule has 3 fully saturated rings. The van der Waals surface area contributed by atoms with E-state index in [1.165, 1.54) is 0 Å². The van der Waals surface area contributed by atoms with Crippen molar-refractivity contribution in [2.45, 2.75) is 62.6 Å². The number of nitrogens with zero attached hydrogens (tertiary/aromatic N) is 4. The summed E-state index contributed by atoms with van der Waals surface area (Å²) in [6, 6.07) is 17.2. The Balaban J connectivity index is 1.19. The molecule has 6 rings (SSSR count).